The number of rotatable bonds is 9. The van der Waals surface area contributed by atoms with Gasteiger partial charge < -0.3 is 29.2 Å². The van der Waals surface area contributed by atoms with Gasteiger partial charge in [-0.2, -0.15) is 0 Å². The van der Waals surface area contributed by atoms with Crippen LogP contribution in [-0.4, -0.2) is 63.4 Å². The van der Waals surface area contributed by atoms with Crippen LogP contribution in [0.25, 0.3) is 0 Å². The van der Waals surface area contributed by atoms with Crippen LogP contribution in [0.5, 0.6) is 11.5 Å². The monoisotopic (exact) mass is 507 g/mol. The normalized spacial score (nSPS) is 15.5. The lowest BCUT2D eigenvalue weighted by Gasteiger charge is -2.20. The molecule has 2 unspecified atom stereocenters. The van der Waals surface area contributed by atoms with Crippen LogP contribution in [0.3, 0.4) is 0 Å². The number of benzene rings is 2. The number of carbonyl (C=O) groups is 2. The molecule has 4 rings (SSSR count). The van der Waals surface area contributed by atoms with Crippen LogP contribution < -0.4 is 14.8 Å². The van der Waals surface area contributed by atoms with Gasteiger partial charge in [0.25, 0.3) is 0 Å². The van der Waals surface area contributed by atoms with Gasteiger partial charge in [0, 0.05) is 5.92 Å². The second-order valence-electron chi connectivity index (χ2n) is 8.90. The van der Waals surface area contributed by atoms with Crippen molar-refractivity contribution in [2.75, 3.05) is 41.5 Å². The number of imidazole rings is 1. The Bertz CT molecular complexity index is 1110. The van der Waals surface area contributed by atoms with Crippen LogP contribution in [0.2, 0.25) is 0 Å². The Hall–Kier alpha value is -3.85. The minimum atomic E-state index is -0.858. The fraction of sp³-hybridized carbons (Fsp3) is 0.393. The zero-order valence-corrected chi connectivity index (χ0v) is 21.6. The summed E-state index contributed by atoms with van der Waals surface area (Å²) in [6.45, 7) is 1.74. The highest BCUT2D eigenvalue weighted by molar-refractivity contribution is 5.85. The van der Waals surface area contributed by atoms with Crippen molar-refractivity contribution in [2.24, 2.45) is 0 Å². The van der Waals surface area contributed by atoms with Crippen LogP contribution in [0, 0.1) is 0 Å². The maximum Gasteiger partial charge on any atom is 0.319 e. The zero-order chi connectivity index (χ0) is 26.4. The highest BCUT2D eigenvalue weighted by atomic mass is 16.5. The van der Waals surface area contributed by atoms with E-state index < -0.39 is 23.8 Å². The van der Waals surface area contributed by atoms with E-state index in [9.17, 15) is 9.59 Å². The van der Waals surface area contributed by atoms with Gasteiger partial charge in [-0.15, -0.1) is 0 Å². The third kappa shape index (κ3) is 5.61. The van der Waals surface area contributed by atoms with Gasteiger partial charge >= 0.3 is 11.9 Å². The van der Waals surface area contributed by atoms with Crippen molar-refractivity contribution in [3.05, 3.63) is 76.9 Å². The summed E-state index contributed by atoms with van der Waals surface area (Å²) in [5.74, 6) is -0.400. The molecule has 0 amide bonds. The third-order valence-corrected chi connectivity index (χ3v) is 6.84. The second kappa shape index (κ2) is 11.9. The first-order valence-corrected chi connectivity index (χ1v) is 12.2. The van der Waals surface area contributed by atoms with Crippen molar-refractivity contribution in [1.82, 2.24) is 15.3 Å². The molecule has 1 aliphatic heterocycles. The molecule has 0 saturated carbocycles. The number of nitrogens with one attached hydrogen (secondary N) is 2. The molecule has 1 fully saturated rings. The smallest absolute Gasteiger partial charge is 0.319 e. The minimum Gasteiger partial charge on any atom is -0.497 e. The molecule has 0 aliphatic carbocycles. The number of ether oxygens (including phenoxy) is 4. The van der Waals surface area contributed by atoms with Crippen molar-refractivity contribution in [1.29, 1.82) is 0 Å². The summed E-state index contributed by atoms with van der Waals surface area (Å²) in [5.41, 5.74) is 2.32. The van der Waals surface area contributed by atoms with Crippen LogP contribution in [-0.2, 0) is 19.1 Å². The van der Waals surface area contributed by atoms with Crippen molar-refractivity contribution in [3.63, 3.8) is 0 Å². The highest BCUT2D eigenvalue weighted by Crippen LogP contribution is 2.37. The lowest BCUT2D eigenvalue weighted by atomic mass is 9.87. The fourth-order valence-electron chi connectivity index (χ4n) is 4.80. The molecular weight excluding hydrogens is 474 g/mol. The van der Waals surface area contributed by atoms with E-state index in [1.807, 2.05) is 24.3 Å². The van der Waals surface area contributed by atoms with Gasteiger partial charge in [-0.3, -0.25) is 9.59 Å². The van der Waals surface area contributed by atoms with Gasteiger partial charge in [0.2, 0.25) is 0 Å². The molecule has 1 saturated heterocycles. The average Bonchev–Trinajstić information content (AvgIpc) is 3.38. The molecule has 0 radical (unpaired) electrons. The molecule has 2 N–H and O–H groups in total. The zero-order valence-electron chi connectivity index (χ0n) is 21.6. The molecule has 37 heavy (non-hydrogen) atoms. The molecule has 9 heteroatoms. The maximum atomic E-state index is 13.2. The molecular formula is C28H33N3O6. The number of aromatic nitrogens is 2. The first-order chi connectivity index (χ1) is 18.0. The maximum absolute atomic E-state index is 13.2. The summed E-state index contributed by atoms with van der Waals surface area (Å²) in [7, 11) is 5.87. The predicted molar refractivity (Wildman–Crippen MR) is 137 cm³/mol. The van der Waals surface area contributed by atoms with E-state index in [0.717, 1.165) is 31.8 Å². The van der Waals surface area contributed by atoms with Gasteiger partial charge in [-0.25, -0.2) is 4.98 Å². The van der Waals surface area contributed by atoms with Gasteiger partial charge in [-0.1, -0.05) is 24.3 Å². The number of piperidine rings is 1. The molecule has 1 aromatic heterocycles. The van der Waals surface area contributed by atoms with Crippen LogP contribution in [0.1, 0.15) is 58.9 Å². The first-order valence-electron chi connectivity index (χ1n) is 12.2. The SMILES string of the molecule is COC(=O)C(c1ccc(OC)cc1)c1nc(C2CCNCC2)[nH]c1C(C(=O)OC)c1ccc(OC)cc1. The van der Waals surface area contributed by atoms with Crippen molar-refractivity contribution >= 4 is 11.9 Å². The predicted octanol–water partition coefficient (Wildman–Crippen LogP) is 3.50. The number of nitrogens with zero attached hydrogens (tertiary/aromatic N) is 1. The van der Waals surface area contributed by atoms with Crippen LogP contribution in [0.15, 0.2) is 48.5 Å². The largest absolute Gasteiger partial charge is 0.497 e. The minimum absolute atomic E-state index is 0.164. The Balaban J connectivity index is 1.90. The first kappa shape index (κ1) is 26.2. The highest BCUT2D eigenvalue weighted by Gasteiger charge is 2.37. The van der Waals surface area contributed by atoms with Crippen molar-refractivity contribution < 1.29 is 28.5 Å². The summed E-state index contributed by atoms with van der Waals surface area (Å²) < 4.78 is 21.0. The number of methoxy groups -OCH3 is 4. The van der Waals surface area contributed by atoms with E-state index in [-0.39, 0.29) is 5.92 Å². The van der Waals surface area contributed by atoms with Crippen LogP contribution in [0.4, 0.5) is 0 Å². The number of esters is 2. The summed E-state index contributed by atoms with van der Waals surface area (Å²) in [5, 5.41) is 3.37. The van der Waals surface area contributed by atoms with E-state index in [0.29, 0.717) is 34.0 Å². The average molecular weight is 508 g/mol. The molecule has 2 heterocycles. The van der Waals surface area contributed by atoms with Gasteiger partial charge in [0.05, 0.1) is 39.8 Å². The van der Waals surface area contributed by atoms with E-state index in [2.05, 4.69) is 10.3 Å². The Morgan fingerprint density at radius 3 is 1.76 bits per heavy atom. The quantitative estimate of drug-likeness (QED) is 0.424. The van der Waals surface area contributed by atoms with E-state index >= 15 is 0 Å². The molecule has 2 aromatic carbocycles. The Morgan fingerprint density at radius 1 is 0.784 bits per heavy atom. The topological polar surface area (TPSA) is 112 Å². The standard InChI is InChI=1S/C28H33N3O6/c1-34-20-9-5-17(6-10-20)22(27(32)36-3)24-25(31-26(30-24)19-13-15-29-16-14-19)23(28(33)37-4)18-7-11-21(35-2)12-8-18/h5-12,19,22-23,29H,13-16H2,1-4H3,(H,30,31). The molecule has 0 bridgehead atoms. The summed E-state index contributed by atoms with van der Waals surface area (Å²) in [6.07, 6.45) is 1.78. The van der Waals surface area contributed by atoms with E-state index in [1.165, 1.54) is 14.2 Å². The lowest BCUT2D eigenvalue weighted by Crippen LogP contribution is -2.27. The van der Waals surface area contributed by atoms with Gasteiger partial charge in [-0.05, 0) is 61.3 Å². The number of hydrogen-bond donors (Lipinski definition) is 2. The number of carbonyl (C=O) groups excluding carboxylic acids is 2. The van der Waals surface area contributed by atoms with Crippen LogP contribution >= 0.6 is 0 Å². The van der Waals surface area contributed by atoms with Gasteiger partial charge in [0.15, 0.2) is 0 Å². The molecule has 3 aromatic rings. The van der Waals surface area contributed by atoms with Gasteiger partial charge in [0.1, 0.15) is 29.2 Å². The Labute approximate surface area is 216 Å². The lowest BCUT2D eigenvalue weighted by molar-refractivity contribution is -0.142. The molecule has 1 aliphatic rings. The Morgan fingerprint density at radius 2 is 1.27 bits per heavy atom. The molecule has 0 spiro atoms. The number of hydrogen-bond acceptors (Lipinski definition) is 8. The van der Waals surface area contributed by atoms with E-state index in [1.54, 1.807) is 38.5 Å². The summed E-state index contributed by atoms with van der Waals surface area (Å²) in [4.78, 5) is 34.9. The second-order valence-corrected chi connectivity index (χ2v) is 8.90. The third-order valence-electron chi connectivity index (χ3n) is 6.84. The van der Waals surface area contributed by atoms with Crippen molar-refractivity contribution in [3.8, 4) is 11.5 Å². The number of aromatic amines is 1. The fourth-order valence-corrected chi connectivity index (χ4v) is 4.80. The molecule has 9 nitrogen and oxygen atoms in total. The molecule has 2 atom stereocenters. The molecule has 196 valence electrons. The van der Waals surface area contributed by atoms with E-state index in [4.69, 9.17) is 23.9 Å². The summed E-state index contributed by atoms with van der Waals surface area (Å²) in [6, 6.07) is 14.4. The Kier molecular flexibility index (Phi) is 8.45. The summed E-state index contributed by atoms with van der Waals surface area (Å²) >= 11 is 0. The van der Waals surface area contributed by atoms with Crippen molar-refractivity contribution in [2.45, 2.75) is 30.6 Å². The number of H-pyrrole nitrogens is 1.